The number of rotatable bonds is 14. The normalized spacial score (nSPS) is 25.3. The van der Waals surface area contributed by atoms with E-state index in [0.29, 0.717) is 36.2 Å². The smallest absolute Gasteiger partial charge is 0.407 e. The van der Waals surface area contributed by atoms with Crippen LogP contribution in [0.1, 0.15) is 49.5 Å². The molecular formula is C40H58N6O7. The van der Waals surface area contributed by atoms with E-state index < -0.39 is 36.9 Å². The van der Waals surface area contributed by atoms with Crippen LogP contribution in [0.3, 0.4) is 0 Å². The summed E-state index contributed by atoms with van der Waals surface area (Å²) in [5.41, 5.74) is 4.77. The van der Waals surface area contributed by atoms with Crippen molar-refractivity contribution in [3.63, 3.8) is 0 Å². The van der Waals surface area contributed by atoms with Gasteiger partial charge in [-0.1, -0.05) is 44.2 Å². The predicted octanol–water partition coefficient (Wildman–Crippen LogP) is 3.66. The molecule has 13 heteroatoms. The van der Waals surface area contributed by atoms with E-state index in [2.05, 4.69) is 36.4 Å². The molecular weight excluding hydrogens is 676 g/mol. The maximum atomic E-state index is 14.5. The van der Waals surface area contributed by atoms with E-state index in [0.717, 1.165) is 40.8 Å². The molecule has 1 saturated heterocycles. The Morgan fingerprint density at radius 3 is 2.47 bits per heavy atom. The van der Waals surface area contributed by atoms with Crippen LogP contribution < -0.4 is 25.6 Å². The average Bonchev–Trinajstić information content (AvgIpc) is 3.49. The maximum Gasteiger partial charge on any atom is 0.407 e. The molecule has 0 unspecified atom stereocenters. The van der Waals surface area contributed by atoms with Gasteiger partial charge in [-0.25, -0.2) is 4.79 Å². The molecule has 53 heavy (non-hydrogen) atoms. The summed E-state index contributed by atoms with van der Waals surface area (Å²) in [6, 6.07) is 10.2. The summed E-state index contributed by atoms with van der Waals surface area (Å²) in [6.07, 6.45) is -0.353. The topological polar surface area (TPSA) is 145 Å². The number of para-hydroxylation sites is 1. The molecule has 13 nitrogen and oxygen atoms in total. The van der Waals surface area contributed by atoms with Crippen molar-refractivity contribution in [2.24, 2.45) is 23.2 Å². The molecule has 2 bridgehead atoms. The first-order chi connectivity index (χ1) is 25.1. The van der Waals surface area contributed by atoms with Crippen LogP contribution in [0.5, 0.6) is 5.75 Å². The molecule has 4 fully saturated rings. The number of nitrogens with one attached hydrogen (secondary N) is 3. The Morgan fingerprint density at radius 1 is 1.13 bits per heavy atom. The lowest BCUT2D eigenvalue weighted by atomic mass is 9.46. The highest BCUT2D eigenvalue weighted by Crippen LogP contribution is 2.60. The molecule has 4 aliphatic rings. The number of hydroxylamine groups is 2. The number of fused-ring (bicyclic) bond motifs is 2. The Labute approximate surface area is 314 Å². The molecule has 7 atom stereocenters. The lowest BCUT2D eigenvalue weighted by molar-refractivity contribution is -0.182. The number of likely N-dealkylation sites (N-methyl/N-ethyl adjacent to an activating group) is 1. The summed E-state index contributed by atoms with van der Waals surface area (Å²) in [6.45, 7) is 11.4. The zero-order valence-electron chi connectivity index (χ0n) is 32.7. The fraction of sp³-hybridized carbons (Fsp3) is 0.575. The minimum Gasteiger partial charge on any atom is -0.496 e. The van der Waals surface area contributed by atoms with Gasteiger partial charge in [-0.2, -0.15) is 5.06 Å². The number of nitrogens with zero attached hydrogens (tertiary/aromatic N) is 3. The van der Waals surface area contributed by atoms with Crippen molar-refractivity contribution in [1.29, 1.82) is 0 Å². The van der Waals surface area contributed by atoms with E-state index in [1.165, 1.54) is 0 Å². The number of ether oxygens (including phenoxy) is 2. The number of anilines is 1. The van der Waals surface area contributed by atoms with Gasteiger partial charge in [-0.15, -0.1) is 0 Å². The average molecular weight is 735 g/mol. The van der Waals surface area contributed by atoms with Crippen molar-refractivity contribution in [3.05, 3.63) is 59.7 Å². The number of aliphatic hydroxyl groups excluding tert-OH is 1. The minimum atomic E-state index is -0.930. The second-order valence-corrected chi connectivity index (χ2v) is 15.7. The summed E-state index contributed by atoms with van der Waals surface area (Å²) in [5, 5.41) is 20.9. The highest BCUT2D eigenvalue weighted by molar-refractivity contribution is 5.97. The fourth-order valence-corrected chi connectivity index (χ4v) is 8.31. The Balaban J connectivity index is 1.48. The maximum absolute atomic E-state index is 14.5. The Morgan fingerprint density at radius 2 is 1.87 bits per heavy atom. The lowest BCUT2D eigenvalue weighted by Crippen LogP contribution is -2.59. The molecule has 2 aromatic rings. The summed E-state index contributed by atoms with van der Waals surface area (Å²) in [5.74, 6) is 0.154. The van der Waals surface area contributed by atoms with Gasteiger partial charge in [0.15, 0.2) is 0 Å². The minimum absolute atomic E-state index is 0.115. The van der Waals surface area contributed by atoms with Crippen LogP contribution in [0, 0.1) is 23.2 Å². The Hall–Kier alpha value is -4.17. The number of methoxy groups -OCH3 is 1. The molecule has 1 aliphatic heterocycles. The quantitative estimate of drug-likeness (QED) is 0.212. The zero-order valence-corrected chi connectivity index (χ0v) is 32.7. The molecule has 2 aromatic carbocycles. The van der Waals surface area contributed by atoms with Crippen molar-refractivity contribution < 1.29 is 33.8 Å². The molecule has 0 aromatic heterocycles. The highest BCUT2D eigenvalue weighted by atomic mass is 16.7. The number of alkyl carbamates (subject to hydrolysis) is 1. The van der Waals surface area contributed by atoms with Crippen molar-refractivity contribution in [2.45, 2.75) is 64.4 Å². The molecule has 0 radical (unpaired) electrons. The Kier molecular flexibility index (Phi) is 12.4. The number of hydrogen-bond donors (Lipinski definition) is 4. The van der Waals surface area contributed by atoms with Gasteiger partial charge in [-0.05, 0) is 74.9 Å². The number of amides is 3. The number of carbonyl (C=O) groups excluding carboxylic acids is 3. The molecule has 1 heterocycles. The third-order valence-electron chi connectivity index (χ3n) is 11.6. The van der Waals surface area contributed by atoms with Gasteiger partial charge in [0.1, 0.15) is 24.0 Å². The van der Waals surface area contributed by atoms with E-state index in [1.54, 1.807) is 26.1 Å². The van der Waals surface area contributed by atoms with Crippen molar-refractivity contribution in [1.82, 2.24) is 25.9 Å². The van der Waals surface area contributed by atoms with E-state index in [1.807, 2.05) is 74.4 Å². The number of benzene rings is 2. The molecule has 3 amide bonds. The first kappa shape index (κ1) is 40.0. The fourth-order valence-electron chi connectivity index (χ4n) is 8.31. The van der Waals surface area contributed by atoms with Gasteiger partial charge in [-0.3, -0.25) is 14.4 Å². The molecule has 4 N–H and O–H groups in total. The monoisotopic (exact) mass is 734 g/mol. The van der Waals surface area contributed by atoms with Crippen molar-refractivity contribution in [3.8, 4) is 16.9 Å². The van der Waals surface area contributed by atoms with Crippen LogP contribution in [0.4, 0.5) is 10.5 Å². The number of carbonyl (C=O) groups is 3. The molecule has 3 aliphatic carbocycles. The largest absolute Gasteiger partial charge is 0.496 e. The molecule has 3 saturated carbocycles. The van der Waals surface area contributed by atoms with Crippen LogP contribution in [-0.4, -0.2) is 119 Å². The van der Waals surface area contributed by atoms with Crippen LogP contribution in [0.2, 0.25) is 0 Å². The number of aliphatic hydroxyl groups is 1. The molecule has 0 spiro atoms. The molecule has 290 valence electrons. The summed E-state index contributed by atoms with van der Waals surface area (Å²) >= 11 is 0. The number of hydrogen-bond acceptors (Lipinski definition) is 10. The van der Waals surface area contributed by atoms with E-state index in [4.69, 9.17) is 14.3 Å². The van der Waals surface area contributed by atoms with E-state index in [-0.39, 0.29) is 29.8 Å². The summed E-state index contributed by atoms with van der Waals surface area (Å²) in [4.78, 5) is 50.4. The zero-order chi connectivity index (χ0) is 38.8. The van der Waals surface area contributed by atoms with Crippen LogP contribution in [-0.2, 0) is 20.9 Å². The van der Waals surface area contributed by atoms with Gasteiger partial charge < -0.3 is 40.3 Å². The summed E-state index contributed by atoms with van der Waals surface area (Å²) in [7, 11) is 10.8. The van der Waals surface area contributed by atoms with Gasteiger partial charge in [0.2, 0.25) is 5.91 Å². The predicted molar refractivity (Wildman–Crippen MR) is 204 cm³/mol. The SMILES string of the molecule is C=C1[C@@H](NC(=O)[C@@H]2[C@H]([C@H](C)OC(=O)NCCN(C)C)[C@H](CO)ON2Cc2cccc(-c3cc(C(=O)NC)cc(N(C)C)c3)c2OC)C[C@H]2C[C@@H]1C2(C)C. The van der Waals surface area contributed by atoms with Gasteiger partial charge in [0, 0.05) is 56.6 Å². The second kappa shape index (κ2) is 16.5. The van der Waals surface area contributed by atoms with Gasteiger partial charge in [0.25, 0.3) is 5.91 Å². The van der Waals surface area contributed by atoms with Gasteiger partial charge in [0.05, 0.1) is 32.2 Å². The first-order valence-electron chi connectivity index (χ1n) is 18.4. The molecule has 6 rings (SSSR count). The lowest BCUT2D eigenvalue weighted by Gasteiger charge is -2.60. The highest BCUT2D eigenvalue weighted by Gasteiger charge is 2.56. The third-order valence-corrected chi connectivity index (χ3v) is 11.6. The van der Waals surface area contributed by atoms with Crippen LogP contribution >= 0.6 is 0 Å². The van der Waals surface area contributed by atoms with E-state index >= 15 is 0 Å². The third kappa shape index (κ3) is 8.33. The standard InChI is InChI=1S/C40H58N6O7/c1-23-31-19-28(40(31,3)4)20-32(23)43-38(49)35-34(24(2)52-39(50)42-14-15-44(6)7)33(22-47)53-46(35)21-25-12-11-13-30(36(25)51-10)26-16-27(37(48)41-5)18-29(17-26)45(8)9/h11-13,16-18,24,28,31-35,47H,1,14-15,19-22H2,2-10H3,(H,41,48)(H,42,50)(H,43,49)/t24-,28+,31-,32-,33-,34+,35-/m0/s1. The van der Waals surface area contributed by atoms with Crippen LogP contribution in [0.25, 0.3) is 11.1 Å². The van der Waals surface area contributed by atoms with Crippen molar-refractivity contribution >= 4 is 23.6 Å². The first-order valence-corrected chi connectivity index (χ1v) is 18.4. The summed E-state index contributed by atoms with van der Waals surface area (Å²) < 4.78 is 11.9. The van der Waals surface area contributed by atoms with Crippen molar-refractivity contribution in [2.75, 3.05) is 66.9 Å². The van der Waals surface area contributed by atoms with Crippen LogP contribution in [0.15, 0.2) is 48.6 Å². The van der Waals surface area contributed by atoms with E-state index in [9.17, 15) is 19.5 Å². The Bertz CT molecular complexity index is 1680. The van der Waals surface area contributed by atoms with Gasteiger partial charge >= 0.3 is 6.09 Å². The second-order valence-electron chi connectivity index (χ2n) is 15.7.